The van der Waals surface area contributed by atoms with E-state index in [1.54, 1.807) is 0 Å². The molecule has 1 N–H and O–H groups in total. The van der Waals surface area contributed by atoms with Crippen LogP contribution in [0, 0.1) is 18.3 Å². The van der Waals surface area contributed by atoms with E-state index in [9.17, 15) is 0 Å². The third-order valence-electron chi connectivity index (χ3n) is 3.08. The quantitative estimate of drug-likeness (QED) is 0.911. The van der Waals surface area contributed by atoms with Gasteiger partial charge in [-0.15, -0.1) is 0 Å². The number of nitriles is 1. The predicted molar refractivity (Wildman–Crippen MR) is 82.6 cm³/mol. The molecular weight excluding hydrogens is 262 g/mol. The average Bonchev–Trinajstić information content (AvgIpc) is 2.46. The second-order valence-electron chi connectivity index (χ2n) is 5.05. The Morgan fingerprint density at radius 1 is 1.24 bits per heavy atom. The first-order valence-corrected chi connectivity index (χ1v) is 6.80. The van der Waals surface area contributed by atoms with Crippen molar-refractivity contribution in [3.63, 3.8) is 0 Å². The molecule has 1 aromatic carbocycles. The summed E-state index contributed by atoms with van der Waals surface area (Å²) in [4.78, 5) is 11.0. The zero-order chi connectivity index (χ0) is 15.2. The molecule has 108 valence electrons. The smallest absolute Gasteiger partial charge is 0.144 e. The summed E-state index contributed by atoms with van der Waals surface area (Å²) >= 11 is 0. The maximum absolute atomic E-state index is 8.93. The number of hydrogen-bond acceptors (Lipinski definition) is 5. The molecule has 2 rings (SSSR count). The Bertz CT molecular complexity index is 660. The molecular formula is C16H19N5. The van der Waals surface area contributed by atoms with Crippen LogP contribution in [0.15, 0.2) is 30.3 Å². The van der Waals surface area contributed by atoms with Gasteiger partial charge in [-0.25, -0.2) is 9.97 Å². The number of rotatable bonds is 5. The van der Waals surface area contributed by atoms with Gasteiger partial charge in [0.1, 0.15) is 11.6 Å². The topological polar surface area (TPSA) is 64.8 Å². The van der Waals surface area contributed by atoms with E-state index >= 15 is 0 Å². The van der Waals surface area contributed by atoms with Gasteiger partial charge in [0.15, 0.2) is 0 Å². The SMILES string of the molecule is CNc1cc(C)nc(CN(C)Cc2cccc(C#N)c2)n1. The second-order valence-corrected chi connectivity index (χ2v) is 5.05. The van der Waals surface area contributed by atoms with Crippen molar-refractivity contribution in [2.75, 3.05) is 19.4 Å². The van der Waals surface area contributed by atoms with Crippen molar-refractivity contribution in [3.8, 4) is 6.07 Å². The monoisotopic (exact) mass is 281 g/mol. The lowest BCUT2D eigenvalue weighted by Gasteiger charge is -2.16. The van der Waals surface area contributed by atoms with Crippen molar-refractivity contribution in [2.45, 2.75) is 20.0 Å². The van der Waals surface area contributed by atoms with Gasteiger partial charge in [0.05, 0.1) is 18.2 Å². The lowest BCUT2D eigenvalue weighted by molar-refractivity contribution is 0.310. The van der Waals surface area contributed by atoms with Crippen LogP contribution >= 0.6 is 0 Å². The minimum Gasteiger partial charge on any atom is -0.373 e. The van der Waals surface area contributed by atoms with Crippen LogP contribution in [0.1, 0.15) is 22.6 Å². The maximum Gasteiger partial charge on any atom is 0.144 e. The van der Waals surface area contributed by atoms with Crippen LogP contribution < -0.4 is 5.32 Å². The van der Waals surface area contributed by atoms with E-state index in [-0.39, 0.29) is 0 Å². The van der Waals surface area contributed by atoms with Gasteiger partial charge in [0.2, 0.25) is 0 Å². The van der Waals surface area contributed by atoms with E-state index < -0.39 is 0 Å². The first kappa shape index (κ1) is 14.9. The van der Waals surface area contributed by atoms with Crippen molar-refractivity contribution < 1.29 is 0 Å². The summed E-state index contributed by atoms with van der Waals surface area (Å²) in [6.07, 6.45) is 0. The van der Waals surface area contributed by atoms with Gasteiger partial charge in [-0.2, -0.15) is 5.26 Å². The van der Waals surface area contributed by atoms with Crippen LogP contribution in [0.2, 0.25) is 0 Å². The molecule has 21 heavy (non-hydrogen) atoms. The van der Waals surface area contributed by atoms with Gasteiger partial charge in [-0.05, 0) is 31.7 Å². The number of benzene rings is 1. The minimum absolute atomic E-state index is 0.660. The zero-order valence-electron chi connectivity index (χ0n) is 12.6. The minimum atomic E-state index is 0.660. The van der Waals surface area contributed by atoms with Gasteiger partial charge in [-0.3, -0.25) is 4.90 Å². The van der Waals surface area contributed by atoms with Gasteiger partial charge < -0.3 is 5.32 Å². The third-order valence-corrected chi connectivity index (χ3v) is 3.08. The molecule has 2 aromatic rings. The Kier molecular flexibility index (Phi) is 4.85. The summed E-state index contributed by atoms with van der Waals surface area (Å²) in [6.45, 7) is 3.37. The van der Waals surface area contributed by atoms with E-state index in [1.165, 1.54) is 0 Å². The molecule has 0 aliphatic heterocycles. The summed E-state index contributed by atoms with van der Waals surface area (Å²) in [7, 11) is 3.87. The predicted octanol–water partition coefficient (Wildman–Crippen LogP) is 2.33. The highest BCUT2D eigenvalue weighted by molar-refractivity contribution is 5.35. The first-order chi connectivity index (χ1) is 10.1. The van der Waals surface area contributed by atoms with Crippen molar-refractivity contribution in [1.29, 1.82) is 5.26 Å². The molecule has 0 atom stereocenters. The molecule has 1 heterocycles. The molecule has 5 nitrogen and oxygen atoms in total. The van der Waals surface area contributed by atoms with Crippen molar-refractivity contribution in [3.05, 3.63) is 53.0 Å². The lowest BCUT2D eigenvalue weighted by Crippen LogP contribution is -2.19. The molecule has 0 bridgehead atoms. The highest BCUT2D eigenvalue weighted by atomic mass is 15.1. The van der Waals surface area contributed by atoms with Gasteiger partial charge in [0.25, 0.3) is 0 Å². The molecule has 0 aliphatic rings. The Morgan fingerprint density at radius 2 is 2.05 bits per heavy atom. The van der Waals surface area contributed by atoms with Crippen LogP contribution in [0.25, 0.3) is 0 Å². The maximum atomic E-state index is 8.93. The molecule has 0 spiro atoms. The van der Waals surface area contributed by atoms with Crippen LogP contribution in [0.4, 0.5) is 5.82 Å². The van der Waals surface area contributed by atoms with Crippen LogP contribution in [-0.2, 0) is 13.1 Å². The standard InChI is InChI=1S/C16H19N5/c1-12-7-15(18-2)20-16(19-12)11-21(3)10-14-6-4-5-13(8-14)9-17/h4-8H,10-11H2,1-3H3,(H,18,19,20). The number of aryl methyl sites for hydroxylation is 1. The summed E-state index contributed by atoms with van der Waals surface area (Å²) in [6, 6.07) is 11.7. The molecule has 0 saturated heterocycles. The molecule has 0 fully saturated rings. The number of anilines is 1. The van der Waals surface area contributed by atoms with E-state index in [0.717, 1.165) is 29.4 Å². The average molecular weight is 281 g/mol. The van der Waals surface area contributed by atoms with E-state index in [2.05, 4.69) is 26.3 Å². The van der Waals surface area contributed by atoms with Crippen molar-refractivity contribution >= 4 is 5.82 Å². The number of hydrogen-bond donors (Lipinski definition) is 1. The molecule has 0 amide bonds. The summed E-state index contributed by atoms with van der Waals surface area (Å²) in [5.41, 5.74) is 2.74. The normalized spacial score (nSPS) is 10.4. The Balaban J connectivity index is 2.06. The van der Waals surface area contributed by atoms with Gasteiger partial charge in [0, 0.05) is 25.4 Å². The largest absolute Gasteiger partial charge is 0.373 e. The molecule has 0 aliphatic carbocycles. The number of aromatic nitrogens is 2. The number of nitrogens with one attached hydrogen (secondary N) is 1. The van der Waals surface area contributed by atoms with Gasteiger partial charge >= 0.3 is 0 Å². The third kappa shape index (κ3) is 4.26. The van der Waals surface area contributed by atoms with E-state index in [4.69, 9.17) is 5.26 Å². The Morgan fingerprint density at radius 3 is 2.76 bits per heavy atom. The fourth-order valence-electron chi connectivity index (χ4n) is 2.18. The van der Waals surface area contributed by atoms with E-state index in [0.29, 0.717) is 12.1 Å². The fraction of sp³-hybridized carbons (Fsp3) is 0.312. The fourth-order valence-corrected chi connectivity index (χ4v) is 2.18. The molecule has 0 unspecified atom stereocenters. The molecule has 0 radical (unpaired) electrons. The Hall–Kier alpha value is -2.45. The second kappa shape index (κ2) is 6.82. The van der Waals surface area contributed by atoms with Crippen LogP contribution in [0.5, 0.6) is 0 Å². The molecule has 0 saturated carbocycles. The highest BCUT2D eigenvalue weighted by Crippen LogP contribution is 2.10. The zero-order valence-corrected chi connectivity index (χ0v) is 12.6. The summed E-state index contributed by atoms with van der Waals surface area (Å²) in [5, 5.41) is 12.0. The molecule has 1 aromatic heterocycles. The lowest BCUT2D eigenvalue weighted by atomic mass is 10.1. The van der Waals surface area contributed by atoms with Crippen LogP contribution in [-0.4, -0.2) is 29.0 Å². The van der Waals surface area contributed by atoms with Crippen molar-refractivity contribution in [1.82, 2.24) is 14.9 Å². The van der Waals surface area contributed by atoms with Crippen molar-refractivity contribution in [2.24, 2.45) is 0 Å². The summed E-state index contributed by atoms with van der Waals surface area (Å²) in [5.74, 6) is 1.62. The number of nitrogens with zero attached hydrogens (tertiary/aromatic N) is 4. The Labute approximate surface area is 125 Å². The van der Waals surface area contributed by atoms with E-state index in [1.807, 2.05) is 51.4 Å². The van der Waals surface area contributed by atoms with Gasteiger partial charge in [-0.1, -0.05) is 12.1 Å². The summed E-state index contributed by atoms with van der Waals surface area (Å²) < 4.78 is 0. The van der Waals surface area contributed by atoms with Crippen LogP contribution in [0.3, 0.4) is 0 Å². The highest BCUT2D eigenvalue weighted by Gasteiger charge is 2.06. The first-order valence-electron chi connectivity index (χ1n) is 6.80. The molecule has 5 heteroatoms.